The van der Waals surface area contributed by atoms with Crippen LogP contribution in [0.5, 0.6) is 0 Å². The second kappa shape index (κ2) is 5.33. The molecule has 2 nitrogen and oxygen atoms in total. The lowest BCUT2D eigenvalue weighted by Gasteiger charge is -2.00. The van der Waals surface area contributed by atoms with E-state index in [-0.39, 0.29) is 5.97 Å². The van der Waals surface area contributed by atoms with Gasteiger partial charge in [-0.1, -0.05) is 30.0 Å². The monoisotopic (exact) mass is 242 g/mol. The fourth-order valence-electron chi connectivity index (χ4n) is 1.36. The topological polar surface area (TPSA) is 26.3 Å². The van der Waals surface area contributed by atoms with Gasteiger partial charge in [0, 0.05) is 5.56 Å². The Bertz CT molecular complexity index is 574. The molecule has 1 aromatic carbocycles. The summed E-state index contributed by atoms with van der Waals surface area (Å²) in [5, 5.41) is 1.97. The highest BCUT2D eigenvalue weighted by Gasteiger charge is 2.08. The number of carbonyl (C=O) groups excluding carboxylic acids is 1. The number of thiophene rings is 1. The highest BCUT2D eigenvalue weighted by Crippen LogP contribution is 2.10. The molecule has 0 aliphatic heterocycles. The molecule has 84 valence electrons. The molecule has 0 bridgehead atoms. The fourth-order valence-corrected chi connectivity index (χ4v) is 1.93. The standard InChI is InChI=1S/C14H10O2S/c1-16-14(15)13-7-3-2-5-11(13)8-9-12-6-4-10-17-12/h2-7,10H,1H3. The number of esters is 1. The maximum Gasteiger partial charge on any atom is 0.339 e. The quantitative estimate of drug-likeness (QED) is 0.567. The van der Waals surface area contributed by atoms with Gasteiger partial charge in [0.05, 0.1) is 17.6 Å². The Morgan fingerprint density at radius 1 is 1.18 bits per heavy atom. The first-order valence-electron chi connectivity index (χ1n) is 5.04. The Kier molecular flexibility index (Phi) is 3.59. The van der Waals surface area contributed by atoms with E-state index in [1.807, 2.05) is 29.6 Å². The largest absolute Gasteiger partial charge is 0.465 e. The van der Waals surface area contributed by atoms with Crippen LogP contribution >= 0.6 is 11.3 Å². The van der Waals surface area contributed by atoms with E-state index in [0.29, 0.717) is 11.1 Å². The van der Waals surface area contributed by atoms with E-state index < -0.39 is 0 Å². The van der Waals surface area contributed by atoms with Crippen LogP contribution in [-0.2, 0) is 4.74 Å². The molecular formula is C14H10O2S. The van der Waals surface area contributed by atoms with Crippen molar-refractivity contribution in [3.8, 4) is 11.8 Å². The number of hydrogen-bond acceptors (Lipinski definition) is 3. The molecule has 2 rings (SSSR count). The molecule has 1 heterocycles. The van der Waals surface area contributed by atoms with Crippen LogP contribution in [0.25, 0.3) is 0 Å². The molecule has 0 N–H and O–H groups in total. The third kappa shape index (κ3) is 2.74. The van der Waals surface area contributed by atoms with E-state index in [1.54, 1.807) is 23.5 Å². The molecule has 0 aliphatic rings. The number of rotatable bonds is 1. The van der Waals surface area contributed by atoms with Gasteiger partial charge in [0.2, 0.25) is 0 Å². The summed E-state index contributed by atoms with van der Waals surface area (Å²) in [6.07, 6.45) is 0. The summed E-state index contributed by atoms with van der Waals surface area (Å²) in [5.41, 5.74) is 1.19. The highest BCUT2D eigenvalue weighted by atomic mass is 32.1. The summed E-state index contributed by atoms with van der Waals surface area (Å²) in [7, 11) is 1.37. The Morgan fingerprint density at radius 3 is 2.71 bits per heavy atom. The van der Waals surface area contributed by atoms with Gasteiger partial charge in [0.15, 0.2) is 0 Å². The maximum atomic E-state index is 11.5. The molecule has 0 unspecified atom stereocenters. The van der Waals surface area contributed by atoms with E-state index in [2.05, 4.69) is 11.8 Å². The van der Waals surface area contributed by atoms with Crippen LogP contribution in [0, 0.1) is 11.8 Å². The van der Waals surface area contributed by atoms with Crippen molar-refractivity contribution in [2.75, 3.05) is 7.11 Å². The number of carbonyl (C=O) groups is 1. The highest BCUT2D eigenvalue weighted by molar-refractivity contribution is 7.10. The number of methoxy groups -OCH3 is 1. The van der Waals surface area contributed by atoms with Crippen molar-refractivity contribution in [2.45, 2.75) is 0 Å². The van der Waals surface area contributed by atoms with Crippen LogP contribution in [0.2, 0.25) is 0 Å². The van der Waals surface area contributed by atoms with Crippen LogP contribution in [0.1, 0.15) is 20.8 Å². The average Bonchev–Trinajstić information content (AvgIpc) is 2.89. The lowest BCUT2D eigenvalue weighted by molar-refractivity contribution is 0.0600. The summed E-state index contributed by atoms with van der Waals surface area (Å²) >= 11 is 1.57. The minimum atomic E-state index is -0.360. The molecule has 0 radical (unpaired) electrons. The van der Waals surface area contributed by atoms with E-state index >= 15 is 0 Å². The van der Waals surface area contributed by atoms with Crippen molar-refractivity contribution in [1.29, 1.82) is 0 Å². The molecule has 0 saturated carbocycles. The van der Waals surface area contributed by atoms with Crippen molar-refractivity contribution in [3.63, 3.8) is 0 Å². The first-order chi connectivity index (χ1) is 8.31. The molecule has 0 fully saturated rings. The zero-order valence-corrected chi connectivity index (χ0v) is 10.1. The molecule has 17 heavy (non-hydrogen) atoms. The van der Waals surface area contributed by atoms with Gasteiger partial charge in [-0.25, -0.2) is 4.79 Å². The van der Waals surface area contributed by atoms with Crippen LogP contribution < -0.4 is 0 Å². The van der Waals surface area contributed by atoms with Gasteiger partial charge in [-0.15, -0.1) is 11.3 Å². The summed E-state index contributed by atoms with van der Waals surface area (Å²) in [6, 6.07) is 11.1. The van der Waals surface area contributed by atoms with Crippen molar-refractivity contribution in [2.24, 2.45) is 0 Å². The van der Waals surface area contributed by atoms with E-state index in [1.165, 1.54) is 7.11 Å². The van der Waals surface area contributed by atoms with Gasteiger partial charge >= 0.3 is 5.97 Å². The van der Waals surface area contributed by atoms with Gasteiger partial charge in [0.25, 0.3) is 0 Å². The maximum absolute atomic E-state index is 11.5. The summed E-state index contributed by atoms with van der Waals surface area (Å²) in [5.74, 6) is 5.65. The zero-order valence-electron chi connectivity index (χ0n) is 9.27. The Morgan fingerprint density at radius 2 is 2.00 bits per heavy atom. The Labute approximate surface area is 104 Å². The van der Waals surface area contributed by atoms with Crippen molar-refractivity contribution in [3.05, 3.63) is 57.8 Å². The number of ether oxygens (including phenoxy) is 1. The second-order valence-corrected chi connectivity index (χ2v) is 4.21. The minimum absolute atomic E-state index is 0.360. The molecule has 2 aromatic rings. The van der Waals surface area contributed by atoms with Gasteiger partial charge in [-0.3, -0.25) is 0 Å². The Hall–Kier alpha value is -2.05. The minimum Gasteiger partial charge on any atom is -0.465 e. The molecule has 0 spiro atoms. The van der Waals surface area contributed by atoms with Crippen LogP contribution in [0.15, 0.2) is 41.8 Å². The van der Waals surface area contributed by atoms with Crippen LogP contribution in [0.3, 0.4) is 0 Å². The van der Waals surface area contributed by atoms with Crippen LogP contribution in [-0.4, -0.2) is 13.1 Å². The summed E-state index contributed by atoms with van der Waals surface area (Å²) in [4.78, 5) is 12.5. The smallest absolute Gasteiger partial charge is 0.339 e. The molecule has 0 aliphatic carbocycles. The van der Waals surface area contributed by atoms with Crippen LogP contribution in [0.4, 0.5) is 0 Å². The number of hydrogen-bond donors (Lipinski definition) is 0. The van der Waals surface area contributed by atoms with Crippen molar-refractivity contribution >= 4 is 17.3 Å². The predicted octanol–water partition coefficient (Wildman–Crippen LogP) is 2.93. The lowest BCUT2D eigenvalue weighted by Crippen LogP contribution is -2.03. The molecule has 0 amide bonds. The molecule has 1 aromatic heterocycles. The summed E-state index contributed by atoms with van der Waals surface area (Å²) < 4.78 is 4.71. The first-order valence-corrected chi connectivity index (χ1v) is 5.92. The molecular weight excluding hydrogens is 232 g/mol. The first kappa shape index (κ1) is 11.4. The average molecular weight is 242 g/mol. The normalized spacial score (nSPS) is 9.24. The third-order valence-corrected chi connectivity index (χ3v) is 2.96. The predicted molar refractivity (Wildman–Crippen MR) is 68.1 cm³/mol. The van der Waals surface area contributed by atoms with Gasteiger partial charge in [-0.2, -0.15) is 0 Å². The summed E-state index contributed by atoms with van der Waals surface area (Å²) in [6.45, 7) is 0. The van der Waals surface area contributed by atoms with Crippen molar-refractivity contribution in [1.82, 2.24) is 0 Å². The molecule has 3 heteroatoms. The fraction of sp³-hybridized carbons (Fsp3) is 0.0714. The van der Waals surface area contributed by atoms with Gasteiger partial charge < -0.3 is 4.74 Å². The molecule has 0 atom stereocenters. The van der Waals surface area contributed by atoms with Crippen molar-refractivity contribution < 1.29 is 9.53 Å². The van der Waals surface area contributed by atoms with Gasteiger partial charge in [0.1, 0.15) is 0 Å². The van der Waals surface area contributed by atoms with E-state index in [9.17, 15) is 4.79 Å². The second-order valence-electron chi connectivity index (χ2n) is 3.26. The number of benzene rings is 1. The zero-order chi connectivity index (χ0) is 12.1. The van der Waals surface area contributed by atoms with E-state index in [4.69, 9.17) is 4.74 Å². The SMILES string of the molecule is COC(=O)c1ccccc1C#Cc1cccs1. The lowest BCUT2D eigenvalue weighted by atomic mass is 10.1. The molecule has 0 saturated heterocycles. The Balaban J connectivity index is 2.36. The third-order valence-electron chi connectivity index (χ3n) is 2.17. The van der Waals surface area contributed by atoms with Gasteiger partial charge in [-0.05, 0) is 23.6 Å². The van der Waals surface area contributed by atoms with E-state index in [0.717, 1.165) is 4.88 Å².